The van der Waals surface area contributed by atoms with Crippen LogP contribution in [0.4, 0.5) is 13.2 Å². The molecule has 3 nitrogen and oxygen atoms in total. The van der Waals surface area contributed by atoms with Crippen LogP contribution in [0.25, 0.3) is 0 Å². The lowest BCUT2D eigenvalue weighted by molar-refractivity contribution is -0.173. The fourth-order valence-electron chi connectivity index (χ4n) is 1.49. The van der Waals surface area contributed by atoms with Gasteiger partial charge < -0.3 is 10.1 Å². The van der Waals surface area contributed by atoms with Crippen molar-refractivity contribution in [3.63, 3.8) is 0 Å². The third kappa shape index (κ3) is 6.24. The molecule has 0 aliphatic heterocycles. The Balaban J connectivity index is 2.20. The summed E-state index contributed by atoms with van der Waals surface area (Å²) in [6.45, 7) is 0.818. The smallest absolute Gasteiger partial charge is 0.372 e. The highest BCUT2D eigenvalue weighted by Gasteiger charge is 2.27. The van der Waals surface area contributed by atoms with Crippen molar-refractivity contribution in [3.8, 4) is 0 Å². The van der Waals surface area contributed by atoms with E-state index in [1.54, 1.807) is 12.1 Å². The van der Waals surface area contributed by atoms with E-state index >= 15 is 0 Å². The van der Waals surface area contributed by atoms with Gasteiger partial charge >= 0.3 is 6.18 Å². The molecule has 1 N–H and O–H groups in total. The second kappa shape index (κ2) is 7.13. The van der Waals surface area contributed by atoms with E-state index in [1.807, 2.05) is 19.1 Å². The van der Waals surface area contributed by atoms with Crippen LogP contribution in [0.15, 0.2) is 24.3 Å². The Hall–Kier alpha value is -1.56. The van der Waals surface area contributed by atoms with Gasteiger partial charge in [-0.2, -0.15) is 13.2 Å². The molecule has 0 bridgehead atoms. The Bertz CT molecular complexity index is 419. The number of ether oxygens (including phenoxy) is 1. The van der Waals surface area contributed by atoms with Gasteiger partial charge in [0.15, 0.2) is 0 Å². The molecule has 0 aliphatic rings. The average molecular weight is 275 g/mol. The number of amides is 1. The number of carbonyl (C=O) groups is 1. The summed E-state index contributed by atoms with van der Waals surface area (Å²) in [5.41, 5.74) is 1.42. The molecule has 0 fully saturated rings. The van der Waals surface area contributed by atoms with E-state index in [4.69, 9.17) is 0 Å². The molecule has 0 heterocycles. The van der Waals surface area contributed by atoms with E-state index < -0.39 is 12.8 Å². The Labute approximate surface area is 109 Å². The van der Waals surface area contributed by atoms with Crippen molar-refractivity contribution < 1.29 is 22.7 Å². The van der Waals surface area contributed by atoms with Crippen molar-refractivity contribution >= 4 is 5.91 Å². The highest BCUT2D eigenvalue weighted by Crippen LogP contribution is 2.14. The molecular weight excluding hydrogens is 259 g/mol. The zero-order valence-corrected chi connectivity index (χ0v) is 10.6. The maximum Gasteiger partial charge on any atom is 0.411 e. The minimum Gasteiger partial charge on any atom is -0.372 e. The molecule has 6 heteroatoms. The number of aryl methyl sites for hydroxylation is 1. The molecule has 0 aromatic heterocycles. The number of benzene rings is 1. The second-order valence-electron chi connectivity index (χ2n) is 4.09. The number of rotatable bonds is 6. The molecular formula is C13H16F3NO2. The molecule has 106 valence electrons. The standard InChI is InChI=1S/C13H16F3NO2/c1-10-5-2-3-6-11(10)12(18)17-7-4-8-19-9-13(14,15)16/h2-3,5-6H,4,7-9H2,1H3,(H,17,18). The monoisotopic (exact) mass is 275 g/mol. The molecule has 0 saturated carbocycles. The van der Waals surface area contributed by atoms with Gasteiger partial charge in [-0.3, -0.25) is 4.79 Å². The summed E-state index contributed by atoms with van der Waals surface area (Å²) in [5, 5.41) is 2.64. The van der Waals surface area contributed by atoms with E-state index in [0.717, 1.165) is 5.56 Å². The van der Waals surface area contributed by atoms with Crippen molar-refractivity contribution in [1.29, 1.82) is 0 Å². The Morgan fingerprint density at radius 2 is 2.00 bits per heavy atom. The molecule has 0 aliphatic carbocycles. The van der Waals surface area contributed by atoms with E-state index in [-0.39, 0.29) is 19.1 Å². The van der Waals surface area contributed by atoms with Crippen molar-refractivity contribution in [2.24, 2.45) is 0 Å². The Morgan fingerprint density at radius 1 is 1.32 bits per heavy atom. The first-order valence-corrected chi connectivity index (χ1v) is 5.88. The van der Waals surface area contributed by atoms with E-state index in [2.05, 4.69) is 10.1 Å². The molecule has 1 aromatic rings. The normalized spacial score (nSPS) is 11.4. The number of hydrogen-bond donors (Lipinski definition) is 1. The van der Waals surface area contributed by atoms with Crippen molar-refractivity contribution in [2.45, 2.75) is 19.5 Å². The largest absolute Gasteiger partial charge is 0.411 e. The minimum absolute atomic E-state index is 0.0342. The summed E-state index contributed by atoms with van der Waals surface area (Å²) < 4.78 is 39.7. The lowest BCUT2D eigenvalue weighted by Crippen LogP contribution is -2.26. The highest BCUT2D eigenvalue weighted by atomic mass is 19.4. The number of carbonyl (C=O) groups excluding carboxylic acids is 1. The first-order valence-electron chi connectivity index (χ1n) is 5.88. The van der Waals surface area contributed by atoms with Crippen LogP contribution in [0.5, 0.6) is 0 Å². The third-order valence-electron chi connectivity index (χ3n) is 2.41. The summed E-state index contributed by atoms with van der Waals surface area (Å²) >= 11 is 0. The summed E-state index contributed by atoms with van der Waals surface area (Å²) in [5.74, 6) is -0.228. The van der Waals surface area contributed by atoms with Gasteiger partial charge in [0, 0.05) is 18.7 Å². The van der Waals surface area contributed by atoms with E-state index in [9.17, 15) is 18.0 Å². The van der Waals surface area contributed by atoms with Gasteiger partial charge in [-0.05, 0) is 25.0 Å². The number of alkyl halides is 3. The summed E-state index contributed by atoms with van der Waals surface area (Å²) in [4.78, 5) is 11.7. The molecule has 0 spiro atoms. The lowest BCUT2D eigenvalue weighted by atomic mass is 10.1. The molecule has 19 heavy (non-hydrogen) atoms. The van der Waals surface area contributed by atoms with Gasteiger partial charge in [0.2, 0.25) is 0 Å². The molecule has 0 unspecified atom stereocenters. The average Bonchev–Trinajstić information content (AvgIpc) is 2.32. The molecule has 1 rings (SSSR count). The van der Waals surface area contributed by atoms with Crippen LogP contribution >= 0.6 is 0 Å². The maximum absolute atomic E-state index is 11.8. The Kier molecular flexibility index (Phi) is 5.82. The summed E-state index contributed by atoms with van der Waals surface area (Å²) in [7, 11) is 0. The van der Waals surface area contributed by atoms with Crippen molar-refractivity contribution in [3.05, 3.63) is 35.4 Å². The third-order valence-corrected chi connectivity index (χ3v) is 2.41. The predicted octanol–water partition coefficient (Wildman–Crippen LogP) is 2.69. The van der Waals surface area contributed by atoms with Gasteiger partial charge in [-0.15, -0.1) is 0 Å². The quantitative estimate of drug-likeness (QED) is 0.811. The maximum atomic E-state index is 11.8. The fraction of sp³-hybridized carbons (Fsp3) is 0.462. The topological polar surface area (TPSA) is 38.3 Å². The van der Waals surface area contributed by atoms with Crippen LogP contribution in [0, 0.1) is 6.92 Å². The van der Waals surface area contributed by atoms with E-state index in [0.29, 0.717) is 12.0 Å². The van der Waals surface area contributed by atoms with Gasteiger partial charge in [-0.1, -0.05) is 18.2 Å². The number of halogens is 3. The highest BCUT2D eigenvalue weighted by molar-refractivity contribution is 5.95. The molecule has 1 amide bonds. The van der Waals surface area contributed by atoms with Crippen LogP contribution in [0.1, 0.15) is 22.3 Å². The van der Waals surface area contributed by atoms with Crippen LogP contribution in [0.2, 0.25) is 0 Å². The van der Waals surface area contributed by atoms with Gasteiger partial charge in [-0.25, -0.2) is 0 Å². The second-order valence-corrected chi connectivity index (χ2v) is 4.09. The molecule has 1 aromatic carbocycles. The number of nitrogens with one attached hydrogen (secondary N) is 1. The van der Waals surface area contributed by atoms with Crippen LogP contribution in [-0.4, -0.2) is 31.8 Å². The van der Waals surface area contributed by atoms with Crippen molar-refractivity contribution in [1.82, 2.24) is 5.32 Å². The SMILES string of the molecule is Cc1ccccc1C(=O)NCCCOCC(F)(F)F. The summed E-state index contributed by atoms with van der Waals surface area (Å²) in [6.07, 6.45) is -3.96. The zero-order chi connectivity index (χ0) is 14.3. The van der Waals surface area contributed by atoms with Gasteiger partial charge in [0.25, 0.3) is 5.91 Å². The lowest BCUT2D eigenvalue weighted by Gasteiger charge is -2.09. The fourth-order valence-corrected chi connectivity index (χ4v) is 1.49. The number of hydrogen-bond acceptors (Lipinski definition) is 2. The molecule has 0 atom stereocenters. The van der Waals surface area contributed by atoms with Crippen LogP contribution in [-0.2, 0) is 4.74 Å². The van der Waals surface area contributed by atoms with Crippen LogP contribution < -0.4 is 5.32 Å². The zero-order valence-electron chi connectivity index (χ0n) is 10.6. The molecule has 0 radical (unpaired) electrons. The van der Waals surface area contributed by atoms with Crippen molar-refractivity contribution in [2.75, 3.05) is 19.8 Å². The minimum atomic E-state index is -4.30. The van der Waals surface area contributed by atoms with E-state index in [1.165, 1.54) is 0 Å². The van der Waals surface area contributed by atoms with Gasteiger partial charge in [0.1, 0.15) is 6.61 Å². The first kappa shape index (κ1) is 15.5. The Morgan fingerprint density at radius 3 is 2.63 bits per heavy atom. The molecule has 0 saturated heterocycles. The predicted molar refractivity (Wildman–Crippen MR) is 65.0 cm³/mol. The summed E-state index contributed by atoms with van der Waals surface area (Å²) in [6, 6.07) is 7.11. The van der Waals surface area contributed by atoms with Crippen LogP contribution in [0.3, 0.4) is 0 Å². The first-order chi connectivity index (χ1) is 8.90. The van der Waals surface area contributed by atoms with Gasteiger partial charge in [0.05, 0.1) is 0 Å².